The summed E-state index contributed by atoms with van der Waals surface area (Å²) in [5.74, 6) is -0.457. The highest BCUT2D eigenvalue weighted by atomic mass is 19.1. The molecule has 1 saturated carbocycles. The number of fused-ring (bicyclic) bond motifs is 1. The summed E-state index contributed by atoms with van der Waals surface area (Å²) >= 11 is 0. The minimum absolute atomic E-state index is 0.193. The van der Waals surface area contributed by atoms with Gasteiger partial charge < -0.3 is 9.88 Å². The van der Waals surface area contributed by atoms with Gasteiger partial charge in [-0.2, -0.15) is 0 Å². The van der Waals surface area contributed by atoms with E-state index < -0.39 is 0 Å². The number of imidazole rings is 1. The Kier molecular flexibility index (Phi) is 3.72. The van der Waals surface area contributed by atoms with E-state index in [9.17, 15) is 9.18 Å². The van der Waals surface area contributed by atoms with E-state index in [0.717, 1.165) is 29.6 Å². The van der Waals surface area contributed by atoms with Crippen molar-refractivity contribution in [3.63, 3.8) is 0 Å². The molecule has 0 bridgehead atoms. The molecule has 4 rings (SSSR count). The molecule has 1 fully saturated rings. The second kappa shape index (κ2) is 6.03. The van der Waals surface area contributed by atoms with Crippen molar-refractivity contribution in [2.45, 2.75) is 25.3 Å². The predicted molar refractivity (Wildman–Crippen MR) is 88.2 cm³/mol. The van der Waals surface area contributed by atoms with Gasteiger partial charge in [-0.05, 0) is 43.0 Å². The molecule has 1 aromatic carbocycles. The summed E-state index contributed by atoms with van der Waals surface area (Å²) in [5, 5.41) is 2.84. The molecule has 0 spiro atoms. The number of aromatic nitrogens is 3. The zero-order chi connectivity index (χ0) is 16.5. The second-order valence-corrected chi connectivity index (χ2v) is 6.09. The number of carbonyl (C=O) groups excluding carboxylic acids is 1. The molecule has 2 heterocycles. The Morgan fingerprint density at radius 2 is 2.17 bits per heavy atom. The van der Waals surface area contributed by atoms with Crippen LogP contribution in [-0.4, -0.2) is 27.0 Å². The lowest BCUT2D eigenvalue weighted by atomic mass is 10.1. The fourth-order valence-electron chi connectivity index (χ4n) is 2.78. The van der Waals surface area contributed by atoms with Crippen LogP contribution in [0, 0.1) is 5.82 Å². The molecule has 1 N–H and O–H groups in total. The quantitative estimate of drug-likeness (QED) is 0.785. The number of nitrogens with zero attached hydrogens (tertiary/aromatic N) is 3. The van der Waals surface area contributed by atoms with E-state index in [1.807, 2.05) is 6.07 Å². The first-order chi connectivity index (χ1) is 11.7. The van der Waals surface area contributed by atoms with E-state index in [4.69, 9.17) is 0 Å². The highest BCUT2D eigenvalue weighted by molar-refractivity contribution is 5.96. The van der Waals surface area contributed by atoms with Gasteiger partial charge in [0.1, 0.15) is 11.3 Å². The van der Waals surface area contributed by atoms with Gasteiger partial charge in [0, 0.05) is 18.8 Å². The number of hydrogen-bond acceptors (Lipinski definition) is 3. The Morgan fingerprint density at radius 3 is 2.96 bits per heavy atom. The maximum Gasteiger partial charge on any atom is 0.252 e. The fraction of sp³-hybridized carbons (Fsp3) is 0.278. The van der Waals surface area contributed by atoms with Crippen LogP contribution in [0.5, 0.6) is 0 Å². The molecule has 0 radical (unpaired) electrons. The average molecular weight is 324 g/mol. The maximum absolute atomic E-state index is 13.1. The van der Waals surface area contributed by atoms with Crippen molar-refractivity contribution in [1.82, 2.24) is 19.9 Å². The molecule has 3 aromatic rings. The third-order valence-electron chi connectivity index (χ3n) is 4.20. The van der Waals surface area contributed by atoms with Crippen molar-refractivity contribution in [2.75, 3.05) is 6.54 Å². The first-order valence-electron chi connectivity index (χ1n) is 8.06. The summed E-state index contributed by atoms with van der Waals surface area (Å²) in [5.41, 5.74) is 2.91. The Morgan fingerprint density at radius 1 is 1.29 bits per heavy atom. The zero-order valence-electron chi connectivity index (χ0n) is 13.1. The summed E-state index contributed by atoms with van der Waals surface area (Å²) in [7, 11) is 0. The molecule has 1 amide bonds. The van der Waals surface area contributed by atoms with Crippen molar-refractivity contribution in [1.29, 1.82) is 0 Å². The molecule has 0 aliphatic heterocycles. The molecular weight excluding hydrogens is 307 g/mol. The third-order valence-corrected chi connectivity index (χ3v) is 4.20. The van der Waals surface area contributed by atoms with Crippen molar-refractivity contribution >= 4 is 17.1 Å². The normalized spacial score (nSPS) is 14.0. The first-order valence-corrected chi connectivity index (χ1v) is 8.06. The summed E-state index contributed by atoms with van der Waals surface area (Å²) in [6.45, 7) is 0.441. The molecule has 122 valence electrons. The fourth-order valence-corrected chi connectivity index (χ4v) is 2.78. The predicted octanol–water partition coefficient (Wildman–Crippen LogP) is 2.88. The first kappa shape index (κ1) is 14.8. The van der Waals surface area contributed by atoms with Gasteiger partial charge in [-0.15, -0.1) is 0 Å². The van der Waals surface area contributed by atoms with Gasteiger partial charge in [-0.1, -0.05) is 12.1 Å². The Bertz CT molecular complexity index is 901. The van der Waals surface area contributed by atoms with Crippen LogP contribution < -0.4 is 5.32 Å². The third kappa shape index (κ3) is 2.99. The standard InChI is InChI=1S/C18H17FN4O/c19-14-3-1-2-12(8-14)6-7-20-18(24)13-9-16-17(21-10-13)23(11-22-16)15-4-5-15/h1-3,8-11,15H,4-7H2,(H,20,24). The van der Waals surface area contributed by atoms with Crippen LogP contribution in [0.4, 0.5) is 4.39 Å². The van der Waals surface area contributed by atoms with Crippen molar-refractivity contribution < 1.29 is 9.18 Å². The van der Waals surface area contributed by atoms with E-state index in [0.29, 0.717) is 24.6 Å². The minimum atomic E-state index is -0.264. The lowest BCUT2D eigenvalue weighted by molar-refractivity contribution is 0.0954. The van der Waals surface area contributed by atoms with E-state index in [2.05, 4.69) is 19.9 Å². The average Bonchev–Trinajstić information content (AvgIpc) is 3.34. The molecule has 1 aliphatic carbocycles. The molecular formula is C18H17FN4O. The largest absolute Gasteiger partial charge is 0.352 e. The molecule has 0 saturated heterocycles. The van der Waals surface area contributed by atoms with Crippen LogP contribution in [0.3, 0.4) is 0 Å². The van der Waals surface area contributed by atoms with Crippen molar-refractivity contribution in [2.24, 2.45) is 0 Å². The minimum Gasteiger partial charge on any atom is -0.352 e. The highest BCUT2D eigenvalue weighted by Crippen LogP contribution is 2.36. The van der Waals surface area contributed by atoms with Gasteiger partial charge in [-0.3, -0.25) is 4.79 Å². The second-order valence-electron chi connectivity index (χ2n) is 6.09. The van der Waals surface area contributed by atoms with E-state index in [1.165, 1.54) is 12.1 Å². The molecule has 1 aliphatic rings. The van der Waals surface area contributed by atoms with Crippen LogP contribution >= 0.6 is 0 Å². The SMILES string of the molecule is O=C(NCCc1cccc(F)c1)c1cnc2c(c1)ncn2C1CC1. The van der Waals surface area contributed by atoms with Crippen molar-refractivity contribution in [3.05, 3.63) is 59.8 Å². The molecule has 5 nitrogen and oxygen atoms in total. The smallest absolute Gasteiger partial charge is 0.252 e. The Hall–Kier alpha value is -2.76. The van der Waals surface area contributed by atoms with E-state index >= 15 is 0 Å². The number of halogens is 1. The van der Waals surface area contributed by atoms with Gasteiger partial charge in [-0.25, -0.2) is 14.4 Å². The number of rotatable bonds is 5. The number of hydrogen-bond donors (Lipinski definition) is 1. The molecule has 0 atom stereocenters. The Labute approximate surface area is 138 Å². The van der Waals surface area contributed by atoms with Gasteiger partial charge >= 0.3 is 0 Å². The van der Waals surface area contributed by atoms with Crippen LogP contribution in [-0.2, 0) is 6.42 Å². The highest BCUT2D eigenvalue weighted by Gasteiger charge is 2.25. The topological polar surface area (TPSA) is 59.8 Å². The van der Waals surface area contributed by atoms with E-state index in [-0.39, 0.29) is 11.7 Å². The number of amides is 1. The summed E-state index contributed by atoms with van der Waals surface area (Å²) < 4.78 is 15.2. The van der Waals surface area contributed by atoms with Gasteiger partial charge in [0.05, 0.1) is 11.9 Å². The molecule has 6 heteroatoms. The Balaban J connectivity index is 1.41. The molecule has 24 heavy (non-hydrogen) atoms. The molecule has 0 unspecified atom stereocenters. The van der Waals surface area contributed by atoms with Crippen molar-refractivity contribution in [3.8, 4) is 0 Å². The summed E-state index contributed by atoms with van der Waals surface area (Å²) in [6, 6.07) is 8.66. The van der Waals surface area contributed by atoms with Gasteiger partial charge in [0.15, 0.2) is 5.65 Å². The van der Waals surface area contributed by atoms with Gasteiger partial charge in [0.2, 0.25) is 0 Å². The summed E-state index contributed by atoms with van der Waals surface area (Å²) in [4.78, 5) is 21.0. The maximum atomic E-state index is 13.1. The summed E-state index contributed by atoms with van der Waals surface area (Å²) in [6.07, 6.45) is 6.28. The lowest BCUT2D eigenvalue weighted by Gasteiger charge is -2.06. The molecule has 2 aromatic heterocycles. The van der Waals surface area contributed by atoms with Crippen LogP contribution in [0.25, 0.3) is 11.2 Å². The van der Waals surface area contributed by atoms with Crippen LogP contribution in [0.2, 0.25) is 0 Å². The van der Waals surface area contributed by atoms with E-state index in [1.54, 1.807) is 24.7 Å². The number of nitrogens with one attached hydrogen (secondary N) is 1. The van der Waals surface area contributed by atoms with Crippen LogP contribution in [0.15, 0.2) is 42.9 Å². The van der Waals surface area contributed by atoms with Gasteiger partial charge in [0.25, 0.3) is 5.91 Å². The lowest BCUT2D eigenvalue weighted by Crippen LogP contribution is -2.25. The number of pyridine rings is 1. The number of benzene rings is 1. The monoisotopic (exact) mass is 324 g/mol. The zero-order valence-corrected chi connectivity index (χ0v) is 13.1. The van der Waals surface area contributed by atoms with Crippen LogP contribution in [0.1, 0.15) is 34.8 Å². The number of carbonyl (C=O) groups is 1.